The molecule has 0 spiro atoms. The fraction of sp³-hybridized carbons (Fsp3) is 0.143. The standard InChI is InChI=1S/C21H17NO6S/c1-25-15-8-11(9-16(26-2)18(15)27-3)19(23)22-20-17-13(10-29-20)12-6-4-5-7-14(12)28-21(17)24/h4-10H,1-3H3,(H,22,23). The molecule has 2 heterocycles. The summed E-state index contributed by atoms with van der Waals surface area (Å²) in [5.74, 6) is 0.692. The Morgan fingerprint density at radius 2 is 1.69 bits per heavy atom. The van der Waals surface area contributed by atoms with E-state index < -0.39 is 11.5 Å². The van der Waals surface area contributed by atoms with Crippen LogP contribution in [0.15, 0.2) is 51.0 Å². The molecule has 1 N–H and O–H groups in total. The van der Waals surface area contributed by atoms with E-state index in [1.165, 1.54) is 32.7 Å². The molecule has 29 heavy (non-hydrogen) atoms. The van der Waals surface area contributed by atoms with Gasteiger partial charge in [0.05, 0.1) is 21.3 Å². The van der Waals surface area contributed by atoms with Crippen molar-refractivity contribution in [3.63, 3.8) is 0 Å². The first-order chi connectivity index (χ1) is 14.1. The first-order valence-corrected chi connectivity index (χ1v) is 9.49. The van der Waals surface area contributed by atoms with Crippen LogP contribution in [-0.4, -0.2) is 27.2 Å². The van der Waals surface area contributed by atoms with Gasteiger partial charge < -0.3 is 23.9 Å². The van der Waals surface area contributed by atoms with Crippen LogP contribution in [0.3, 0.4) is 0 Å². The molecule has 148 valence electrons. The molecule has 8 heteroatoms. The minimum atomic E-state index is -0.500. The first kappa shape index (κ1) is 18.8. The van der Waals surface area contributed by atoms with Gasteiger partial charge in [-0.15, -0.1) is 11.3 Å². The molecule has 7 nitrogen and oxygen atoms in total. The number of hydrogen-bond acceptors (Lipinski definition) is 7. The second-order valence-corrected chi connectivity index (χ2v) is 6.99. The van der Waals surface area contributed by atoms with Crippen molar-refractivity contribution in [3.05, 3.63) is 57.8 Å². The number of hydrogen-bond donors (Lipinski definition) is 1. The van der Waals surface area contributed by atoms with Gasteiger partial charge in [-0.05, 0) is 18.2 Å². The quantitative estimate of drug-likeness (QED) is 0.493. The average Bonchev–Trinajstić information content (AvgIpc) is 3.17. The van der Waals surface area contributed by atoms with Gasteiger partial charge in [0, 0.05) is 21.7 Å². The molecule has 0 saturated carbocycles. The number of amides is 1. The second-order valence-electron chi connectivity index (χ2n) is 6.11. The Morgan fingerprint density at radius 3 is 2.34 bits per heavy atom. The number of methoxy groups -OCH3 is 3. The van der Waals surface area contributed by atoms with Gasteiger partial charge in [0.1, 0.15) is 16.0 Å². The first-order valence-electron chi connectivity index (χ1n) is 8.61. The fourth-order valence-corrected chi connectivity index (χ4v) is 4.11. The van der Waals surface area contributed by atoms with Gasteiger partial charge in [0.2, 0.25) is 5.75 Å². The third-order valence-corrected chi connectivity index (χ3v) is 5.42. The molecule has 0 aliphatic heterocycles. The van der Waals surface area contributed by atoms with Gasteiger partial charge in [-0.25, -0.2) is 4.79 Å². The summed E-state index contributed by atoms with van der Waals surface area (Å²) in [7, 11) is 4.44. The van der Waals surface area contributed by atoms with Crippen molar-refractivity contribution in [1.82, 2.24) is 0 Å². The van der Waals surface area contributed by atoms with Crippen LogP contribution in [0.1, 0.15) is 10.4 Å². The van der Waals surface area contributed by atoms with E-state index in [0.717, 1.165) is 10.8 Å². The number of carbonyl (C=O) groups is 1. The molecule has 0 unspecified atom stereocenters. The summed E-state index contributed by atoms with van der Waals surface area (Å²) in [5, 5.41) is 6.93. The maximum atomic E-state index is 12.9. The fourth-order valence-electron chi connectivity index (χ4n) is 3.17. The van der Waals surface area contributed by atoms with Crippen molar-refractivity contribution < 1.29 is 23.4 Å². The van der Waals surface area contributed by atoms with Crippen molar-refractivity contribution >= 4 is 44.0 Å². The van der Waals surface area contributed by atoms with Gasteiger partial charge in [-0.1, -0.05) is 18.2 Å². The van der Waals surface area contributed by atoms with E-state index in [4.69, 9.17) is 18.6 Å². The van der Waals surface area contributed by atoms with Crippen molar-refractivity contribution in [3.8, 4) is 17.2 Å². The topological polar surface area (TPSA) is 87.0 Å². The molecule has 0 aliphatic carbocycles. The highest BCUT2D eigenvalue weighted by molar-refractivity contribution is 7.16. The summed E-state index contributed by atoms with van der Waals surface area (Å²) in [6.07, 6.45) is 0. The van der Waals surface area contributed by atoms with E-state index >= 15 is 0 Å². The van der Waals surface area contributed by atoms with Gasteiger partial charge in [-0.2, -0.15) is 0 Å². The van der Waals surface area contributed by atoms with Crippen LogP contribution in [0, 0.1) is 0 Å². The largest absolute Gasteiger partial charge is 0.493 e. The Balaban J connectivity index is 1.77. The molecule has 0 aliphatic rings. The zero-order valence-electron chi connectivity index (χ0n) is 15.9. The summed E-state index contributed by atoms with van der Waals surface area (Å²) >= 11 is 1.26. The highest BCUT2D eigenvalue weighted by atomic mass is 32.1. The summed E-state index contributed by atoms with van der Waals surface area (Å²) < 4.78 is 21.3. The van der Waals surface area contributed by atoms with Gasteiger partial charge in [0.15, 0.2) is 11.5 Å². The van der Waals surface area contributed by atoms with E-state index in [9.17, 15) is 9.59 Å². The van der Waals surface area contributed by atoms with Gasteiger partial charge in [-0.3, -0.25) is 4.79 Å². The minimum Gasteiger partial charge on any atom is -0.493 e. The van der Waals surface area contributed by atoms with Gasteiger partial charge >= 0.3 is 5.63 Å². The van der Waals surface area contributed by atoms with Crippen molar-refractivity contribution in [2.24, 2.45) is 0 Å². The van der Waals surface area contributed by atoms with Crippen LogP contribution in [0.5, 0.6) is 17.2 Å². The molecule has 4 rings (SSSR count). The maximum absolute atomic E-state index is 12.9. The number of carbonyl (C=O) groups excluding carboxylic acids is 1. The number of anilines is 1. The number of thiophene rings is 1. The van der Waals surface area contributed by atoms with Crippen molar-refractivity contribution in [2.45, 2.75) is 0 Å². The molecule has 1 amide bonds. The smallest absolute Gasteiger partial charge is 0.347 e. The molecule has 0 fully saturated rings. The van der Waals surface area contributed by atoms with Crippen LogP contribution in [-0.2, 0) is 0 Å². The van der Waals surface area contributed by atoms with Crippen LogP contribution >= 0.6 is 11.3 Å². The van der Waals surface area contributed by atoms with E-state index in [2.05, 4.69) is 5.32 Å². The second kappa shape index (κ2) is 7.48. The lowest BCUT2D eigenvalue weighted by atomic mass is 10.1. The lowest BCUT2D eigenvalue weighted by Crippen LogP contribution is -2.13. The molecule has 0 saturated heterocycles. The zero-order valence-corrected chi connectivity index (χ0v) is 16.7. The number of benzene rings is 2. The molecule has 4 aromatic rings. The monoisotopic (exact) mass is 411 g/mol. The molecule has 2 aromatic carbocycles. The van der Waals surface area contributed by atoms with Crippen molar-refractivity contribution in [1.29, 1.82) is 0 Å². The number of fused-ring (bicyclic) bond motifs is 3. The molecular formula is C21H17NO6S. The lowest BCUT2D eigenvalue weighted by molar-refractivity contribution is 0.102. The highest BCUT2D eigenvalue weighted by Crippen LogP contribution is 2.39. The van der Waals surface area contributed by atoms with Crippen LogP contribution in [0.4, 0.5) is 5.00 Å². The maximum Gasteiger partial charge on any atom is 0.347 e. The van der Waals surface area contributed by atoms with Crippen LogP contribution < -0.4 is 25.2 Å². The zero-order chi connectivity index (χ0) is 20.5. The lowest BCUT2D eigenvalue weighted by Gasteiger charge is -2.13. The minimum absolute atomic E-state index is 0.297. The highest BCUT2D eigenvalue weighted by Gasteiger charge is 2.20. The molecular weight excluding hydrogens is 394 g/mol. The Hall–Kier alpha value is -3.52. The molecule has 0 radical (unpaired) electrons. The van der Waals surface area contributed by atoms with Crippen LogP contribution in [0.25, 0.3) is 21.7 Å². The Bertz CT molecular complexity index is 1260. The Kier molecular flexibility index (Phi) is 4.85. The Morgan fingerprint density at radius 1 is 1.00 bits per heavy atom. The SMILES string of the molecule is COc1cc(C(=O)Nc2scc3c2c(=O)oc2ccccc23)cc(OC)c1OC. The van der Waals surface area contributed by atoms with Crippen LogP contribution in [0.2, 0.25) is 0 Å². The third-order valence-electron chi connectivity index (χ3n) is 4.53. The van der Waals surface area contributed by atoms with Gasteiger partial charge in [0.25, 0.3) is 5.91 Å². The normalized spacial score (nSPS) is 10.9. The van der Waals surface area contributed by atoms with E-state index in [1.807, 2.05) is 17.5 Å². The Labute approximate surface area is 169 Å². The summed E-state index contributed by atoms with van der Waals surface area (Å²) in [5.41, 5.74) is 0.302. The third kappa shape index (κ3) is 3.17. The molecule has 2 aromatic heterocycles. The number of para-hydroxylation sites is 1. The van der Waals surface area contributed by atoms with Crippen molar-refractivity contribution in [2.75, 3.05) is 26.6 Å². The summed E-state index contributed by atoms with van der Waals surface area (Å²) in [6, 6.07) is 10.4. The summed E-state index contributed by atoms with van der Waals surface area (Å²) in [4.78, 5) is 25.4. The number of rotatable bonds is 5. The average molecular weight is 411 g/mol. The van der Waals surface area contributed by atoms with E-state index in [-0.39, 0.29) is 0 Å². The van der Waals surface area contributed by atoms with E-state index in [0.29, 0.717) is 38.8 Å². The number of ether oxygens (including phenoxy) is 3. The molecule has 0 bridgehead atoms. The predicted octanol–water partition coefficient (Wildman–Crippen LogP) is 4.29. The predicted molar refractivity (Wildman–Crippen MR) is 112 cm³/mol. The van der Waals surface area contributed by atoms with E-state index in [1.54, 1.807) is 24.3 Å². The summed E-state index contributed by atoms with van der Waals surface area (Å²) in [6.45, 7) is 0. The molecule has 0 atom stereocenters. The number of nitrogens with one attached hydrogen (secondary N) is 1.